The van der Waals surface area contributed by atoms with Crippen LogP contribution >= 0.6 is 0 Å². The van der Waals surface area contributed by atoms with Crippen LogP contribution in [0.5, 0.6) is 0 Å². The average molecular weight is 478 g/mol. The lowest BCUT2D eigenvalue weighted by Crippen LogP contribution is -2.18. The Morgan fingerprint density at radius 3 is 2.00 bits per heavy atom. The van der Waals surface area contributed by atoms with Gasteiger partial charge in [0.15, 0.2) is 0 Å². The Hall–Kier alpha value is -4.36. The van der Waals surface area contributed by atoms with Crippen molar-refractivity contribution in [3.63, 3.8) is 0 Å². The SMILES string of the molecule is C1=CC(c2ccccc2N(C2=CCC(c3ccccc3)C=C2)c2ccc(-c3ccccc3)cc2)=CCC1. The van der Waals surface area contributed by atoms with Crippen LogP contribution in [0.25, 0.3) is 16.7 Å². The highest BCUT2D eigenvalue weighted by Gasteiger charge is 2.21. The van der Waals surface area contributed by atoms with Crippen molar-refractivity contribution >= 4 is 16.9 Å². The Bertz CT molecular complexity index is 1470. The highest BCUT2D eigenvalue weighted by molar-refractivity contribution is 5.87. The fourth-order valence-corrected chi connectivity index (χ4v) is 5.31. The summed E-state index contributed by atoms with van der Waals surface area (Å²) < 4.78 is 0. The van der Waals surface area contributed by atoms with Gasteiger partial charge in [0.2, 0.25) is 0 Å². The van der Waals surface area contributed by atoms with Gasteiger partial charge in [-0.3, -0.25) is 0 Å². The van der Waals surface area contributed by atoms with Crippen LogP contribution in [-0.4, -0.2) is 0 Å². The van der Waals surface area contributed by atoms with Crippen LogP contribution in [0.3, 0.4) is 0 Å². The minimum absolute atomic E-state index is 0.409. The maximum atomic E-state index is 2.42. The largest absolute Gasteiger partial charge is 0.310 e. The zero-order valence-electron chi connectivity index (χ0n) is 21.0. The molecule has 0 aromatic heterocycles. The van der Waals surface area contributed by atoms with Crippen LogP contribution in [0.2, 0.25) is 0 Å². The monoisotopic (exact) mass is 477 g/mol. The molecule has 1 heteroatoms. The Labute approximate surface area is 220 Å². The third kappa shape index (κ3) is 4.99. The fraction of sp³-hybridized carbons (Fsp3) is 0.111. The van der Waals surface area contributed by atoms with Crippen LogP contribution < -0.4 is 4.90 Å². The smallest absolute Gasteiger partial charge is 0.0539 e. The van der Waals surface area contributed by atoms with Crippen molar-refractivity contribution in [1.82, 2.24) is 0 Å². The van der Waals surface area contributed by atoms with Gasteiger partial charge in [0.25, 0.3) is 0 Å². The third-order valence-corrected chi connectivity index (χ3v) is 7.25. The van der Waals surface area contributed by atoms with Gasteiger partial charge in [-0.05, 0) is 65.8 Å². The van der Waals surface area contributed by atoms with Crippen molar-refractivity contribution in [2.75, 3.05) is 4.90 Å². The van der Waals surface area contributed by atoms with Crippen LogP contribution in [0, 0.1) is 0 Å². The molecule has 1 nitrogen and oxygen atoms in total. The summed E-state index contributed by atoms with van der Waals surface area (Å²) in [6, 6.07) is 39.2. The Kier molecular flexibility index (Phi) is 6.68. The summed E-state index contributed by atoms with van der Waals surface area (Å²) in [6.45, 7) is 0. The number of hydrogen-bond donors (Lipinski definition) is 0. The van der Waals surface area contributed by atoms with Gasteiger partial charge in [-0.15, -0.1) is 0 Å². The Morgan fingerprint density at radius 1 is 0.595 bits per heavy atom. The minimum Gasteiger partial charge on any atom is -0.310 e. The van der Waals surface area contributed by atoms with E-state index < -0.39 is 0 Å². The molecule has 0 N–H and O–H groups in total. The van der Waals surface area contributed by atoms with Gasteiger partial charge in [-0.2, -0.15) is 0 Å². The lowest BCUT2D eigenvalue weighted by molar-refractivity contribution is 0.840. The van der Waals surface area contributed by atoms with E-state index in [1.165, 1.54) is 44.9 Å². The normalized spacial score (nSPS) is 16.7. The molecular formula is C36H31N. The zero-order chi connectivity index (χ0) is 24.9. The molecule has 2 aliphatic rings. The van der Waals surface area contributed by atoms with Crippen LogP contribution in [0.15, 0.2) is 151 Å². The van der Waals surface area contributed by atoms with Gasteiger partial charge in [-0.25, -0.2) is 0 Å². The maximum Gasteiger partial charge on any atom is 0.0539 e. The summed E-state index contributed by atoms with van der Waals surface area (Å²) in [7, 11) is 0. The number of benzene rings is 4. The van der Waals surface area contributed by atoms with E-state index in [0.717, 1.165) is 19.3 Å². The van der Waals surface area contributed by atoms with Crippen molar-refractivity contribution in [2.24, 2.45) is 0 Å². The molecule has 1 atom stereocenters. The molecule has 1 unspecified atom stereocenters. The number of nitrogens with zero attached hydrogens (tertiary/aromatic N) is 1. The predicted octanol–water partition coefficient (Wildman–Crippen LogP) is 9.85. The molecule has 0 saturated carbocycles. The standard InChI is InChI=1S/C36H31N/c1-4-12-28(13-5-1)30-20-24-33(25-21-30)37(34-26-22-31(23-27-34)29-14-6-2-7-15-29)36-19-11-10-18-35(36)32-16-8-3-9-17-32/h1-2,4-8,10-22,24-27,31H,3,9,23H2. The summed E-state index contributed by atoms with van der Waals surface area (Å²) in [5.74, 6) is 0.409. The van der Waals surface area contributed by atoms with Gasteiger partial charge in [-0.1, -0.05) is 121 Å². The van der Waals surface area contributed by atoms with E-state index in [1.807, 2.05) is 0 Å². The molecule has 0 radical (unpaired) electrons. The molecule has 2 aliphatic carbocycles. The quantitative estimate of drug-likeness (QED) is 0.267. The number of anilines is 2. The number of allylic oxidation sites excluding steroid dienone is 7. The molecule has 0 bridgehead atoms. The van der Waals surface area contributed by atoms with E-state index in [2.05, 4.69) is 151 Å². The molecule has 4 aromatic carbocycles. The maximum absolute atomic E-state index is 2.42. The van der Waals surface area contributed by atoms with Crippen molar-refractivity contribution in [3.05, 3.63) is 162 Å². The van der Waals surface area contributed by atoms with Gasteiger partial charge >= 0.3 is 0 Å². The first-order valence-electron chi connectivity index (χ1n) is 13.2. The molecule has 0 aliphatic heterocycles. The van der Waals surface area contributed by atoms with Crippen molar-refractivity contribution in [2.45, 2.75) is 25.2 Å². The van der Waals surface area contributed by atoms with Crippen LogP contribution in [0.4, 0.5) is 11.4 Å². The molecule has 0 fully saturated rings. The van der Waals surface area contributed by atoms with Crippen molar-refractivity contribution in [3.8, 4) is 11.1 Å². The topological polar surface area (TPSA) is 3.24 Å². The van der Waals surface area contributed by atoms with E-state index >= 15 is 0 Å². The van der Waals surface area contributed by atoms with Gasteiger partial charge in [0, 0.05) is 22.9 Å². The molecular weight excluding hydrogens is 446 g/mol. The second-order valence-electron chi connectivity index (χ2n) is 9.65. The summed E-state index contributed by atoms with van der Waals surface area (Å²) in [6.07, 6.45) is 17.2. The van der Waals surface area contributed by atoms with Crippen molar-refractivity contribution < 1.29 is 0 Å². The summed E-state index contributed by atoms with van der Waals surface area (Å²) in [5, 5.41) is 0. The lowest BCUT2D eigenvalue weighted by atomic mass is 9.91. The predicted molar refractivity (Wildman–Crippen MR) is 158 cm³/mol. The molecule has 0 amide bonds. The second-order valence-corrected chi connectivity index (χ2v) is 9.65. The van der Waals surface area contributed by atoms with E-state index in [0.29, 0.717) is 5.92 Å². The minimum atomic E-state index is 0.409. The fourth-order valence-electron chi connectivity index (χ4n) is 5.31. The van der Waals surface area contributed by atoms with E-state index in [9.17, 15) is 0 Å². The summed E-state index contributed by atoms with van der Waals surface area (Å²) in [4.78, 5) is 2.42. The highest BCUT2D eigenvalue weighted by atomic mass is 15.1. The molecule has 0 saturated heterocycles. The molecule has 6 rings (SSSR count). The van der Waals surface area contributed by atoms with Gasteiger partial charge < -0.3 is 4.90 Å². The number of para-hydroxylation sites is 1. The molecule has 0 spiro atoms. The first kappa shape index (κ1) is 23.1. The lowest BCUT2D eigenvalue weighted by Gasteiger charge is -2.31. The van der Waals surface area contributed by atoms with Gasteiger partial charge in [0.05, 0.1) is 5.69 Å². The molecule has 180 valence electrons. The Balaban J connectivity index is 1.41. The molecule has 4 aromatic rings. The second kappa shape index (κ2) is 10.7. The average Bonchev–Trinajstić information content (AvgIpc) is 3.00. The van der Waals surface area contributed by atoms with Crippen LogP contribution in [-0.2, 0) is 0 Å². The number of hydrogen-bond acceptors (Lipinski definition) is 1. The first-order valence-corrected chi connectivity index (χ1v) is 13.2. The summed E-state index contributed by atoms with van der Waals surface area (Å²) in [5.41, 5.74) is 10.00. The van der Waals surface area contributed by atoms with Crippen LogP contribution in [0.1, 0.15) is 36.3 Å². The number of rotatable bonds is 6. The van der Waals surface area contributed by atoms with Crippen molar-refractivity contribution in [1.29, 1.82) is 0 Å². The highest BCUT2D eigenvalue weighted by Crippen LogP contribution is 2.40. The molecule has 37 heavy (non-hydrogen) atoms. The van der Waals surface area contributed by atoms with E-state index in [4.69, 9.17) is 0 Å². The van der Waals surface area contributed by atoms with E-state index in [-0.39, 0.29) is 0 Å². The summed E-state index contributed by atoms with van der Waals surface area (Å²) >= 11 is 0. The van der Waals surface area contributed by atoms with E-state index in [1.54, 1.807) is 0 Å². The van der Waals surface area contributed by atoms with Gasteiger partial charge in [0.1, 0.15) is 0 Å². The first-order chi connectivity index (χ1) is 18.4. The zero-order valence-corrected chi connectivity index (χ0v) is 21.0. The Morgan fingerprint density at radius 2 is 1.30 bits per heavy atom. The molecule has 0 heterocycles. The third-order valence-electron chi connectivity index (χ3n) is 7.25.